The topological polar surface area (TPSA) is 64.1 Å². The molecule has 12 rings (SSSR count). The van der Waals surface area contributed by atoms with Gasteiger partial charge in [-0.3, -0.25) is 9.55 Å². The maximum Gasteiger partial charge on any atom is 0.149 e. The van der Waals surface area contributed by atoms with E-state index in [-0.39, 0.29) is 22.0 Å². The molecule has 12 aromatic rings. The summed E-state index contributed by atoms with van der Waals surface area (Å²) < 4.78 is 9.50. The molecule has 0 spiro atoms. The van der Waals surface area contributed by atoms with Crippen molar-refractivity contribution >= 4 is 54.5 Å². The van der Waals surface area contributed by atoms with E-state index in [1.807, 2.05) is 12.3 Å². The molecule has 0 aliphatic heterocycles. The van der Waals surface area contributed by atoms with Crippen molar-refractivity contribution in [3.63, 3.8) is 0 Å². The van der Waals surface area contributed by atoms with Gasteiger partial charge in [0.2, 0.25) is 0 Å². The highest BCUT2D eigenvalue weighted by atomic mass is 16.3. The Labute approximate surface area is 427 Å². The van der Waals surface area contributed by atoms with Gasteiger partial charge in [0.25, 0.3) is 0 Å². The second-order valence-corrected chi connectivity index (χ2v) is 22.8. The van der Waals surface area contributed by atoms with E-state index in [2.05, 4.69) is 243 Å². The Hall–Kier alpha value is -8.28. The third-order valence-corrected chi connectivity index (χ3v) is 14.8. The fraction of sp³-hybridized carbons (Fsp3) is 0.176. The van der Waals surface area contributed by atoms with Crippen molar-refractivity contribution in [3.8, 4) is 67.5 Å². The lowest BCUT2D eigenvalue weighted by atomic mass is 9.79. The number of aromatic hydroxyl groups is 1. The predicted octanol–water partition coefficient (Wildman–Crippen LogP) is 18.6. The third kappa shape index (κ3) is 7.86. The van der Waals surface area contributed by atoms with Gasteiger partial charge >= 0.3 is 0 Å². The second-order valence-electron chi connectivity index (χ2n) is 22.8. The van der Waals surface area contributed by atoms with Crippen LogP contribution in [0.2, 0.25) is 0 Å². The summed E-state index contributed by atoms with van der Waals surface area (Å²) in [6.07, 6.45) is 1.90. The summed E-state index contributed by atoms with van der Waals surface area (Å²) in [5, 5.41) is 19.3. The highest BCUT2D eigenvalue weighted by Crippen LogP contribution is 2.48. The minimum Gasteiger partial charge on any atom is -0.507 e. The molecule has 3 heterocycles. The number of hydrogen-bond acceptors (Lipinski definition) is 4. The first kappa shape index (κ1) is 45.8. The molecule has 0 saturated carbocycles. The molecular weight excluding hydrogens is 891 g/mol. The van der Waals surface area contributed by atoms with Gasteiger partial charge in [0.15, 0.2) is 0 Å². The van der Waals surface area contributed by atoms with Crippen LogP contribution in [0, 0.1) is 0 Å². The van der Waals surface area contributed by atoms with Crippen LogP contribution in [-0.2, 0) is 16.2 Å². The van der Waals surface area contributed by atoms with E-state index in [0.717, 1.165) is 116 Å². The highest BCUT2D eigenvalue weighted by Gasteiger charge is 2.30. The van der Waals surface area contributed by atoms with E-state index in [1.54, 1.807) is 0 Å². The molecule has 0 aliphatic carbocycles. The van der Waals surface area contributed by atoms with Crippen molar-refractivity contribution in [2.24, 2.45) is 0 Å². The molecule has 73 heavy (non-hydrogen) atoms. The van der Waals surface area contributed by atoms with Crippen molar-refractivity contribution < 1.29 is 9.52 Å². The number of furan rings is 1. The normalized spacial score (nSPS) is 12.5. The van der Waals surface area contributed by atoms with Crippen molar-refractivity contribution in [2.75, 3.05) is 0 Å². The molecule has 0 atom stereocenters. The minimum absolute atomic E-state index is 0.0988. The standard InChI is InChI=1S/C68H59N3O2/c1-66(2,3)47-30-32-58(52(38-47)42-21-14-11-15-22-42)71-59-26-18-25-50(61(59)70-65(71)55-39-48(67(4,5)6)40-56(62(55)72)68(7,8)9)46-35-53-51-31-29-44-28-27-43-23-16-17-24-49(43)60(44)64(51)73-63(53)54(36-46)57-37-45(33-34-69-57)41-19-12-10-13-20-41/h10-40,72H,1-9H3. The lowest BCUT2D eigenvalue weighted by Crippen LogP contribution is -2.17. The van der Waals surface area contributed by atoms with Gasteiger partial charge in [0, 0.05) is 44.6 Å². The van der Waals surface area contributed by atoms with Gasteiger partial charge < -0.3 is 9.52 Å². The summed E-state index contributed by atoms with van der Waals surface area (Å²) in [5.41, 5.74) is 15.6. The Balaban J connectivity index is 1.20. The molecule has 0 fully saturated rings. The summed E-state index contributed by atoms with van der Waals surface area (Å²) in [7, 11) is 0. The number of benzene rings is 9. The number of imidazole rings is 1. The maximum atomic E-state index is 12.7. The van der Waals surface area contributed by atoms with Crippen LogP contribution < -0.4 is 0 Å². The number of para-hydroxylation sites is 1. The molecule has 5 heteroatoms. The fourth-order valence-corrected chi connectivity index (χ4v) is 10.8. The van der Waals surface area contributed by atoms with Gasteiger partial charge in [0.1, 0.15) is 22.7 Å². The summed E-state index contributed by atoms with van der Waals surface area (Å²) in [6, 6.07) is 64.9. The van der Waals surface area contributed by atoms with Gasteiger partial charge in [-0.25, -0.2) is 4.98 Å². The number of fused-ring (bicyclic) bond motifs is 8. The van der Waals surface area contributed by atoms with E-state index in [1.165, 1.54) is 5.56 Å². The Morgan fingerprint density at radius 2 is 1.14 bits per heavy atom. The van der Waals surface area contributed by atoms with Gasteiger partial charge in [-0.15, -0.1) is 0 Å². The second kappa shape index (κ2) is 16.9. The smallest absolute Gasteiger partial charge is 0.149 e. The van der Waals surface area contributed by atoms with Gasteiger partial charge in [-0.05, 0) is 120 Å². The summed E-state index contributed by atoms with van der Waals surface area (Å²) in [6.45, 7) is 20.0. The molecule has 358 valence electrons. The zero-order valence-electron chi connectivity index (χ0n) is 43.1. The molecule has 0 saturated heterocycles. The number of hydrogen-bond donors (Lipinski definition) is 1. The molecule has 0 amide bonds. The van der Waals surface area contributed by atoms with E-state index >= 15 is 0 Å². The number of phenols is 1. The number of rotatable bonds is 6. The lowest BCUT2D eigenvalue weighted by molar-refractivity contribution is 0.446. The first-order valence-corrected chi connectivity index (χ1v) is 25.4. The number of pyridine rings is 1. The summed E-state index contributed by atoms with van der Waals surface area (Å²) in [4.78, 5) is 10.9. The van der Waals surface area contributed by atoms with Crippen molar-refractivity contribution in [1.82, 2.24) is 14.5 Å². The predicted molar refractivity (Wildman–Crippen MR) is 306 cm³/mol. The lowest BCUT2D eigenvalue weighted by Gasteiger charge is -2.28. The zero-order valence-corrected chi connectivity index (χ0v) is 43.1. The molecule has 9 aromatic carbocycles. The SMILES string of the molecule is CC(C)(C)c1ccc(-n2c(-c3cc(C(C)(C)C)cc(C(C)(C)C)c3O)nc3c(-c4cc(-c5cc(-c6ccccc6)ccn5)c5oc6c(ccc7ccc8ccccc8c76)c5c4)cccc32)c(-c2ccccc2)c1. The first-order valence-electron chi connectivity index (χ1n) is 25.4. The first-order chi connectivity index (χ1) is 35.0. The molecule has 0 radical (unpaired) electrons. The van der Waals surface area contributed by atoms with Gasteiger partial charge in [0.05, 0.1) is 28.0 Å². The van der Waals surface area contributed by atoms with Crippen LogP contribution in [0.15, 0.2) is 193 Å². The molecule has 1 N–H and O–H groups in total. The fourth-order valence-electron chi connectivity index (χ4n) is 10.8. The average Bonchev–Trinajstić information content (AvgIpc) is 3.97. The molecule has 0 aliphatic rings. The van der Waals surface area contributed by atoms with Crippen LogP contribution in [0.3, 0.4) is 0 Å². The number of aromatic nitrogens is 3. The van der Waals surface area contributed by atoms with E-state index in [0.29, 0.717) is 11.4 Å². The van der Waals surface area contributed by atoms with Crippen LogP contribution in [0.4, 0.5) is 0 Å². The van der Waals surface area contributed by atoms with E-state index < -0.39 is 0 Å². The van der Waals surface area contributed by atoms with Crippen LogP contribution >= 0.6 is 0 Å². The largest absolute Gasteiger partial charge is 0.507 e. The summed E-state index contributed by atoms with van der Waals surface area (Å²) >= 11 is 0. The number of phenolic OH excluding ortho intramolecular Hbond substituents is 1. The molecule has 5 nitrogen and oxygen atoms in total. The Morgan fingerprint density at radius 1 is 0.452 bits per heavy atom. The van der Waals surface area contributed by atoms with E-state index in [4.69, 9.17) is 14.4 Å². The molecule has 0 unspecified atom stereocenters. The van der Waals surface area contributed by atoms with Crippen molar-refractivity contribution in [3.05, 3.63) is 205 Å². The van der Waals surface area contributed by atoms with Crippen molar-refractivity contribution in [2.45, 2.75) is 78.6 Å². The van der Waals surface area contributed by atoms with E-state index in [9.17, 15) is 5.11 Å². The quantitative estimate of drug-likeness (QED) is 0.169. The molecule has 0 bridgehead atoms. The van der Waals surface area contributed by atoms with Crippen LogP contribution in [0.5, 0.6) is 5.75 Å². The third-order valence-electron chi connectivity index (χ3n) is 14.8. The Morgan fingerprint density at radius 3 is 1.88 bits per heavy atom. The molecule has 3 aromatic heterocycles. The highest BCUT2D eigenvalue weighted by molar-refractivity contribution is 6.24. The zero-order chi connectivity index (χ0) is 50.6. The van der Waals surface area contributed by atoms with Crippen LogP contribution in [0.25, 0.3) is 116 Å². The Kier molecular flexibility index (Phi) is 10.6. The number of nitrogens with zero attached hydrogens (tertiary/aromatic N) is 3. The Bertz CT molecular complexity index is 4140. The maximum absolute atomic E-state index is 12.7. The van der Waals surface area contributed by atoms with Crippen LogP contribution in [-0.4, -0.2) is 19.6 Å². The van der Waals surface area contributed by atoms with Crippen molar-refractivity contribution in [1.29, 1.82) is 0 Å². The summed E-state index contributed by atoms with van der Waals surface area (Å²) in [5.74, 6) is 0.909. The van der Waals surface area contributed by atoms with Gasteiger partial charge in [-0.2, -0.15) is 0 Å². The van der Waals surface area contributed by atoms with Crippen LogP contribution in [0.1, 0.15) is 79.0 Å². The average molecular weight is 950 g/mol. The monoisotopic (exact) mass is 949 g/mol. The minimum atomic E-state index is -0.353. The van der Waals surface area contributed by atoms with Gasteiger partial charge in [-0.1, -0.05) is 190 Å². The molecular formula is C68H59N3O2.